The third kappa shape index (κ3) is 3.70. The first-order valence-corrected chi connectivity index (χ1v) is 8.88. The summed E-state index contributed by atoms with van der Waals surface area (Å²) in [7, 11) is 1.30. The molecule has 2 amide bonds. The minimum atomic E-state index is -1.27. The fourth-order valence-corrected chi connectivity index (χ4v) is 3.53. The standard InChI is InChI=1S/C19H15NO7S/c1-10-12(4-3-5-13(10)18(24)26-2)14-7-6-11(27-14)8-15-17(23)20(9-16(21)22)19(25)28-15/h3-8H,9H2,1-2H3,(H,21,22)/b15-8+. The lowest BCUT2D eigenvalue weighted by Crippen LogP contribution is -2.33. The number of carbonyl (C=O) groups excluding carboxylic acids is 3. The molecule has 1 aromatic heterocycles. The van der Waals surface area contributed by atoms with Crippen LogP contribution in [0, 0.1) is 6.92 Å². The number of esters is 1. The first-order chi connectivity index (χ1) is 13.3. The van der Waals surface area contributed by atoms with Crippen LogP contribution in [0.3, 0.4) is 0 Å². The topological polar surface area (TPSA) is 114 Å². The Hall–Kier alpha value is -3.33. The predicted octanol–water partition coefficient (Wildman–Crippen LogP) is 3.16. The van der Waals surface area contributed by atoms with Gasteiger partial charge in [0.1, 0.15) is 18.1 Å². The van der Waals surface area contributed by atoms with Crippen LogP contribution in [0.1, 0.15) is 21.7 Å². The monoisotopic (exact) mass is 401 g/mol. The summed E-state index contributed by atoms with van der Waals surface area (Å²) >= 11 is 0.650. The smallest absolute Gasteiger partial charge is 0.338 e. The van der Waals surface area contributed by atoms with E-state index in [1.54, 1.807) is 37.3 Å². The lowest BCUT2D eigenvalue weighted by atomic mass is 10.0. The summed E-state index contributed by atoms with van der Waals surface area (Å²) in [5.41, 5.74) is 1.77. The summed E-state index contributed by atoms with van der Waals surface area (Å²) in [6.07, 6.45) is 1.38. The van der Waals surface area contributed by atoms with E-state index in [9.17, 15) is 19.2 Å². The van der Waals surface area contributed by atoms with Gasteiger partial charge in [-0.05, 0) is 42.4 Å². The van der Waals surface area contributed by atoms with Crippen molar-refractivity contribution in [2.45, 2.75) is 6.92 Å². The van der Waals surface area contributed by atoms with Crippen LogP contribution in [-0.4, -0.2) is 46.7 Å². The molecule has 144 valence electrons. The Balaban J connectivity index is 1.89. The number of furan rings is 1. The van der Waals surface area contributed by atoms with Crippen LogP contribution in [0.4, 0.5) is 4.79 Å². The zero-order valence-electron chi connectivity index (χ0n) is 14.9. The molecule has 8 nitrogen and oxygen atoms in total. The number of nitrogens with zero attached hydrogens (tertiary/aromatic N) is 1. The van der Waals surface area contributed by atoms with Gasteiger partial charge < -0.3 is 14.3 Å². The van der Waals surface area contributed by atoms with Crippen LogP contribution in [0.2, 0.25) is 0 Å². The summed E-state index contributed by atoms with van der Waals surface area (Å²) in [5, 5.41) is 8.15. The number of thioether (sulfide) groups is 1. The molecule has 1 aliphatic heterocycles. The Kier molecular flexibility index (Phi) is 5.36. The van der Waals surface area contributed by atoms with E-state index < -0.39 is 29.6 Å². The van der Waals surface area contributed by atoms with Crippen molar-refractivity contribution in [3.8, 4) is 11.3 Å². The van der Waals surface area contributed by atoms with Crippen molar-refractivity contribution in [3.63, 3.8) is 0 Å². The van der Waals surface area contributed by atoms with Crippen molar-refractivity contribution in [3.05, 3.63) is 52.1 Å². The fourth-order valence-electron chi connectivity index (χ4n) is 2.71. The third-order valence-corrected chi connectivity index (χ3v) is 4.98. The number of aliphatic carboxylic acids is 1. The predicted molar refractivity (Wildman–Crippen MR) is 101 cm³/mol. The molecule has 2 aromatic rings. The Labute approximate surface area is 163 Å². The lowest BCUT2D eigenvalue weighted by molar-refractivity contribution is -0.140. The van der Waals surface area contributed by atoms with Crippen molar-refractivity contribution in [1.82, 2.24) is 4.90 Å². The van der Waals surface area contributed by atoms with Crippen LogP contribution in [-0.2, 0) is 14.3 Å². The molecule has 0 radical (unpaired) electrons. The second kappa shape index (κ2) is 7.73. The molecule has 28 heavy (non-hydrogen) atoms. The molecule has 0 unspecified atom stereocenters. The molecular weight excluding hydrogens is 386 g/mol. The molecule has 9 heteroatoms. The van der Waals surface area contributed by atoms with E-state index in [-0.39, 0.29) is 4.91 Å². The second-order valence-electron chi connectivity index (χ2n) is 5.83. The van der Waals surface area contributed by atoms with Crippen LogP contribution in [0.5, 0.6) is 0 Å². The van der Waals surface area contributed by atoms with Crippen molar-refractivity contribution in [1.29, 1.82) is 0 Å². The van der Waals surface area contributed by atoms with E-state index in [0.29, 0.717) is 44.9 Å². The summed E-state index contributed by atoms with van der Waals surface area (Å²) in [5.74, 6) is -1.62. The van der Waals surface area contributed by atoms with Crippen LogP contribution in [0.15, 0.2) is 39.7 Å². The van der Waals surface area contributed by atoms with E-state index in [1.807, 2.05) is 0 Å². The van der Waals surface area contributed by atoms with Crippen molar-refractivity contribution in [2.75, 3.05) is 13.7 Å². The number of hydrogen-bond acceptors (Lipinski definition) is 7. The zero-order chi connectivity index (χ0) is 20.4. The summed E-state index contributed by atoms with van der Waals surface area (Å²) in [6.45, 7) is 1.08. The number of carboxylic acids is 1. The quantitative estimate of drug-likeness (QED) is 0.600. The minimum Gasteiger partial charge on any atom is -0.480 e. The van der Waals surface area contributed by atoms with Crippen LogP contribution < -0.4 is 0 Å². The Morgan fingerprint density at radius 3 is 2.68 bits per heavy atom. The average Bonchev–Trinajstić information content (AvgIpc) is 3.21. The van der Waals surface area contributed by atoms with E-state index in [1.165, 1.54) is 13.2 Å². The van der Waals surface area contributed by atoms with Gasteiger partial charge in [0.2, 0.25) is 0 Å². The largest absolute Gasteiger partial charge is 0.480 e. The molecular formula is C19H15NO7S. The summed E-state index contributed by atoms with van der Waals surface area (Å²) in [4.78, 5) is 47.4. The number of imide groups is 1. The maximum Gasteiger partial charge on any atom is 0.338 e. The fraction of sp³-hybridized carbons (Fsp3) is 0.158. The number of carbonyl (C=O) groups is 4. The number of carboxylic acid groups (broad SMARTS) is 1. The highest BCUT2D eigenvalue weighted by Gasteiger charge is 2.36. The number of ether oxygens (including phenoxy) is 1. The molecule has 0 atom stereocenters. The highest BCUT2D eigenvalue weighted by molar-refractivity contribution is 8.18. The van der Waals surface area contributed by atoms with Gasteiger partial charge in [-0.15, -0.1) is 0 Å². The van der Waals surface area contributed by atoms with Crippen molar-refractivity contribution in [2.24, 2.45) is 0 Å². The van der Waals surface area contributed by atoms with Gasteiger partial charge in [-0.1, -0.05) is 12.1 Å². The Morgan fingerprint density at radius 2 is 2.00 bits per heavy atom. The van der Waals surface area contributed by atoms with Gasteiger partial charge in [0.15, 0.2) is 0 Å². The normalized spacial score (nSPS) is 15.4. The molecule has 1 fully saturated rings. The van der Waals surface area contributed by atoms with Gasteiger partial charge in [-0.2, -0.15) is 0 Å². The molecule has 1 N–H and O–H groups in total. The van der Waals surface area contributed by atoms with E-state index in [2.05, 4.69) is 0 Å². The molecule has 0 saturated carbocycles. The van der Waals surface area contributed by atoms with E-state index in [4.69, 9.17) is 14.3 Å². The van der Waals surface area contributed by atoms with Gasteiger partial charge >= 0.3 is 11.9 Å². The lowest BCUT2D eigenvalue weighted by Gasteiger charge is -2.08. The summed E-state index contributed by atoms with van der Waals surface area (Å²) in [6, 6.07) is 8.42. The molecule has 0 bridgehead atoms. The Morgan fingerprint density at radius 1 is 1.25 bits per heavy atom. The maximum absolute atomic E-state index is 12.2. The van der Waals surface area contributed by atoms with Gasteiger partial charge in [0.05, 0.1) is 17.6 Å². The highest BCUT2D eigenvalue weighted by Crippen LogP contribution is 2.34. The van der Waals surface area contributed by atoms with Crippen LogP contribution >= 0.6 is 11.8 Å². The van der Waals surface area contributed by atoms with Gasteiger partial charge in [-0.25, -0.2) is 4.79 Å². The summed E-state index contributed by atoms with van der Waals surface area (Å²) < 4.78 is 10.5. The number of amides is 2. The molecule has 3 rings (SSSR count). The molecule has 1 saturated heterocycles. The second-order valence-corrected chi connectivity index (χ2v) is 6.83. The number of hydrogen-bond donors (Lipinski definition) is 1. The molecule has 1 aliphatic rings. The Bertz CT molecular complexity index is 1020. The van der Waals surface area contributed by atoms with Crippen molar-refractivity contribution >= 4 is 40.9 Å². The minimum absolute atomic E-state index is 0.0761. The molecule has 0 spiro atoms. The number of benzene rings is 1. The van der Waals surface area contributed by atoms with Gasteiger partial charge in [0.25, 0.3) is 11.1 Å². The third-order valence-electron chi connectivity index (χ3n) is 4.07. The number of methoxy groups -OCH3 is 1. The highest BCUT2D eigenvalue weighted by atomic mass is 32.2. The first-order valence-electron chi connectivity index (χ1n) is 8.07. The molecule has 2 heterocycles. The average molecular weight is 401 g/mol. The number of rotatable bonds is 5. The van der Waals surface area contributed by atoms with Gasteiger partial charge in [0, 0.05) is 11.6 Å². The SMILES string of the molecule is COC(=O)c1cccc(-c2ccc(/C=C3/SC(=O)N(CC(=O)O)C3=O)o2)c1C. The van der Waals surface area contributed by atoms with Crippen molar-refractivity contribution < 1.29 is 33.4 Å². The van der Waals surface area contributed by atoms with Crippen LogP contribution in [0.25, 0.3) is 17.4 Å². The first kappa shape index (κ1) is 19.4. The van der Waals surface area contributed by atoms with E-state index in [0.717, 1.165) is 0 Å². The molecule has 1 aromatic carbocycles. The zero-order valence-corrected chi connectivity index (χ0v) is 15.7. The van der Waals surface area contributed by atoms with Gasteiger partial charge in [-0.3, -0.25) is 19.3 Å². The van der Waals surface area contributed by atoms with E-state index >= 15 is 0 Å². The maximum atomic E-state index is 12.2. The molecule has 0 aliphatic carbocycles.